The molecular weight excluding hydrogens is 324 g/mol. The summed E-state index contributed by atoms with van der Waals surface area (Å²) in [5, 5.41) is 17.6. The number of anilines is 1. The van der Waals surface area contributed by atoms with E-state index in [-0.39, 0.29) is 12.4 Å². The van der Waals surface area contributed by atoms with Crippen LogP contribution >= 0.6 is 0 Å². The maximum absolute atomic E-state index is 11.6. The number of carbonyl (C=O) groups is 1. The van der Waals surface area contributed by atoms with Crippen LogP contribution in [0.3, 0.4) is 0 Å². The van der Waals surface area contributed by atoms with E-state index in [4.69, 9.17) is 9.47 Å². The maximum Gasteiger partial charge on any atom is 0.339 e. The van der Waals surface area contributed by atoms with Crippen molar-refractivity contribution >= 4 is 22.7 Å². The normalized spacial score (nSPS) is 12.5. The first-order chi connectivity index (χ1) is 12.2. The average molecular weight is 340 g/mol. The molecule has 4 rings (SSSR count). The molecule has 0 amide bonds. The van der Waals surface area contributed by atoms with Gasteiger partial charge >= 0.3 is 5.97 Å². The molecule has 128 valence electrons. The first-order valence-electron chi connectivity index (χ1n) is 7.87. The Bertz CT molecular complexity index is 967. The minimum Gasteiger partial charge on any atom is -0.478 e. The van der Waals surface area contributed by atoms with Crippen molar-refractivity contribution in [2.24, 2.45) is 0 Å². The number of ether oxygens (including phenoxy) is 2. The predicted molar refractivity (Wildman–Crippen MR) is 90.1 cm³/mol. The Hall–Kier alpha value is -3.29. The van der Waals surface area contributed by atoms with Gasteiger partial charge in [0, 0.05) is 19.3 Å². The zero-order chi connectivity index (χ0) is 17.4. The molecule has 0 saturated heterocycles. The lowest BCUT2D eigenvalue weighted by atomic mass is 10.1. The van der Waals surface area contributed by atoms with Crippen molar-refractivity contribution in [3.8, 4) is 11.5 Å². The highest BCUT2D eigenvalue weighted by atomic mass is 16.7. The van der Waals surface area contributed by atoms with Gasteiger partial charge in [-0.05, 0) is 24.6 Å². The van der Waals surface area contributed by atoms with E-state index < -0.39 is 5.97 Å². The van der Waals surface area contributed by atoms with Gasteiger partial charge in [0.25, 0.3) is 0 Å². The van der Waals surface area contributed by atoms with E-state index >= 15 is 0 Å². The van der Waals surface area contributed by atoms with Crippen LogP contribution in [-0.4, -0.2) is 32.6 Å². The molecule has 0 bridgehead atoms. The monoisotopic (exact) mass is 340 g/mol. The van der Waals surface area contributed by atoms with Gasteiger partial charge in [-0.3, -0.25) is 0 Å². The van der Waals surface area contributed by atoms with Crippen LogP contribution < -0.4 is 14.8 Å². The summed E-state index contributed by atoms with van der Waals surface area (Å²) < 4.78 is 12.4. The third-order valence-corrected chi connectivity index (χ3v) is 4.10. The number of carboxylic acids is 1. The number of nitrogens with zero attached hydrogens (tertiary/aromatic N) is 3. The number of benzene rings is 1. The Labute approximate surface area is 143 Å². The number of aromatic nitrogens is 3. The zero-order valence-corrected chi connectivity index (χ0v) is 13.5. The second-order valence-electron chi connectivity index (χ2n) is 5.59. The van der Waals surface area contributed by atoms with E-state index in [0.29, 0.717) is 41.3 Å². The summed E-state index contributed by atoms with van der Waals surface area (Å²) in [7, 11) is 0. The summed E-state index contributed by atoms with van der Waals surface area (Å²) in [5.41, 5.74) is 2.23. The molecule has 0 aliphatic carbocycles. The molecule has 1 aromatic carbocycles. The van der Waals surface area contributed by atoms with Crippen LogP contribution in [0, 0.1) is 0 Å². The van der Waals surface area contributed by atoms with E-state index in [0.717, 1.165) is 5.56 Å². The summed E-state index contributed by atoms with van der Waals surface area (Å²) in [6.45, 7) is 3.27. The molecule has 0 unspecified atom stereocenters. The number of carboxylic acid groups (broad SMARTS) is 1. The van der Waals surface area contributed by atoms with E-state index in [1.165, 1.54) is 6.20 Å². The van der Waals surface area contributed by atoms with Crippen LogP contribution in [-0.2, 0) is 13.1 Å². The van der Waals surface area contributed by atoms with Crippen molar-refractivity contribution in [1.82, 2.24) is 14.8 Å². The molecule has 3 aromatic rings. The van der Waals surface area contributed by atoms with Gasteiger partial charge in [0.2, 0.25) is 6.79 Å². The van der Waals surface area contributed by atoms with Crippen molar-refractivity contribution in [3.63, 3.8) is 0 Å². The molecule has 0 fully saturated rings. The highest BCUT2D eigenvalue weighted by Gasteiger charge is 2.18. The maximum atomic E-state index is 11.6. The van der Waals surface area contributed by atoms with Gasteiger partial charge in [0.15, 0.2) is 17.1 Å². The largest absolute Gasteiger partial charge is 0.478 e. The molecule has 3 heterocycles. The van der Waals surface area contributed by atoms with Gasteiger partial charge in [-0.2, -0.15) is 5.10 Å². The smallest absolute Gasteiger partial charge is 0.339 e. The highest BCUT2D eigenvalue weighted by molar-refractivity contribution is 6.03. The van der Waals surface area contributed by atoms with Crippen LogP contribution in [0.1, 0.15) is 22.8 Å². The van der Waals surface area contributed by atoms with E-state index in [1.54, 1.807) is 10.9 Å². The van der Waals surface area contributed by atoms with Crippen molar-refractivity contribution in [2.75, 3.05) is 12.1 Å². The molecular formula is C17H16N4O4. The Morgan fingerprint density at radius 1 is 1.32 bits per heavy atom. The fourth-order valence-corrected chi connectivity index (χ4v) is 2.85. The molecule has 25 heavy (non-hydrogen) atoms. The topological polar surface area (TPSA) is 98.5 Å². The van der Waals surface area contributed by atoms with Crippen LogP contribution in [0.5, 0.6) is 11.5 Å². The number of hydrogen-bond donors (Lipinski definition) is 2. The van der Waals surface area contributed by atoms with Gasteiger partial charge < -0.3 is 19.9 Å². The Morgan fingerprint density at radius 3 is 2.96 bits per heavy atom. The summed E-state index contributed by atoms with van der Waals surface area (Å²) in [5.74, 6) is 0.369. The number of nitrogens with one attached hydrogen (secondary N) is 1. The Balaban J connectivity index is 1.68. The van der Waals surface area contributed by atoms with Crippen LogP contribution in [0.2, 0.25) is 0 Å². The number of pyridine rings is 1. The molecule has 2 aromatic heterocycles. The lowest BCUT2D eigenvalue weighted by Gasteiger charge is -2.11. The first kappa shape index (κ1) is 15.3. The lowest BCUT2D eigenvalue weighted by molar-refractivity contribution is 0.0697. The summed E-state index contributed by atoms with van der Waals surface area (Å²) >= 11 is 0. The third-order valence-electron chi connectivity index (χ3n) is 4.10. The van der Waals surface area contributed by atoms with Crippen molar-refractivity contribution < 1.29 is 19.4 Å². The van der Waals surface area contributed by atoms with Gasteiger partial charge in [0.1, 0.15) is 5.56 Å². The van der Waals surface area contributed by atoms with Crippen LogP contribution in [0.4, 0.5) is 5.69 Å². The highest BCUT2D eigenvalue weighted by Crippen LogP contribution is 2.33. The van der Waals surface area contributed by atoms with Crippen molar-refractivity contribution in [2.45, 2.75) is 20.0 Å². The number of fused-ring (bicyclic) bond motifs is 2. The number of hydrogen-bond acceptors (Lipinski definition) is 6. The number of rotatable bonds is 5. The van der Waals surface area contributed by atoms with Crippen molar-refractivity contribution in [3.05, 3.63) is 41.7 Å². The molecule has 0 radical (unpaired) electrons. The fraction of sp³-hybridized carbons (Fsp3) is 0.235. The summed E-state index contributed by atoms with van der Waals surface area (Å²) in [6.07, 6.45) is 3.00. The number of aromatic carboxylic acids is 1. The fourth-order valence-electron chi connectivity index (χ4n) is 2.85. The van der Waals surface area contributed by atoms with E-state index in [2.05, 4.69) is 15.4 Å². The summed E-state index contributed by atoms with van der Waals surface area (Å²) in [6, 6.07) is 5.63. The molecule has 8 nitrogen and oxygen atoms in total. The Kier molecular flexibility index (Phi) is 3.64. The van der Waals surface area contributed by atoms with E-state index in [9.17, 15) is 9.90 Å². The Morgan fingerprint density at radius 2 is 2.16 bits per heavy atom. The van der Waals surface area contributed by atoms with Gasteiger partial charge in [-0.15, -0.1) is 0 Å². The van der Waals surface area contributed by atoms with Gasteiger partial charge in [-0.1, -0.05) is 6.07 Å². The minimum absolute atomic E-state index is 0.115. The third kappa shape index (κ3) is 2.61. The standard InChI is InChI=1S/C17H16N4O4/c1-2-21-16-11(8-20-21)15(12(7-19-16)17(22)23)18-6-10-3-4-13-14(5-10)25-9-24-13/h3-5,7-8H,2,6,9H2,1H3,(H,18,19)(H,22,23). The molecule has 1 aliphatic rings. The molecule has 8 heteroatoms. The minimum atomic E-state index is -1.04. The lowest BCUT2D eigenvalue weighted by Crippen LogP contribution is -2.08. The summed E-state index contributed by atoms with van der Waals surface area (Å²) in [4.78, 5) is 15.8. The van der Waals surface area contributed by atoms with Crippen LogP contribution in [0.15, 0.2) is 30.6 Å². The van der Waals surface area contributed by atoms with Crippen LogP contribution in [0.25, 0.3) is 11.0 Å². The molecule has 0 atom stereocenters. The average Bonchev–Trinajstić information content (AvgIpc) is 3.25. The molecule has 1 aliphatic heterocycles. The zero-order valence-electron chi connectivity index (χ0n) is 13.5. The van der Waals surface area contributed by atoms with Gasteiger partial charge in [0.05, 0.1) is 17.3 Å². The quantitative estimate of drug-likeness (QED) is 0.736. The molecule has 0 saturated carbocycles. The SMILES string of the molecule is CCn1ncc2c(NCc3ccc4c(c3)OCO4)c(C(=O)O)cnc21. The number of aryl methyl sites for hydroxylation is 1. The van der Waals surface area contributed by atoms with Crippen molar-refractivity contribution in [1.29, 1.82) is 0 Å². The van der Waals surface area contributed by atoms with E-state index in [1.807, 2.05) is 25.1 Å². The second kappa shape index (κ2) is 5.97. The van der Waals surface area contributed by atoms with Gasteiger partial charge in [-0.25, -0.2) is 14.5 Å². The second-order valence-corrected chi connectivity index (χ2v) is 5.59. The first-order valence-corrected chi connectivity index (χ1v) is 7.87. The molecule has 2 N–H and O–H groups in total. The molecule has 0 spiro atoms. The predicted octanol–water partition coefficient (Wildman–Crippen LogP) is 2.49.